The van der Waals surface area contributed by atoms with E-state index in [0.29, 0.717) is 24.5 Å². The minimum absolute atomic E-state index is 0.0886. The zero-order valence-electron chi connectivity index (χ0n) is 14.9. The van der Waals surface area contributed by atoms with E-state index in [1.165, 1.54) is 13.8 Å². The maximum atomic E-state index is 12.1. The number of nitrogens with zero attached hydrogens (tertiary/aromatic N) is 2. The zero-order valence-corrected chi connectivity index (χ0v) is 14.9. The largest absolute Gasteiger partial charge is 0.338 e. The van der Waals surface area contributed by atoms with Crippen molar-refractivity contribution in [2.24, 2.45) is 0 Å². The summed E-state index contributed by atoms with van der Waals surface area (Å²) in [7, 11) is 0. The molecule has 0 atom stereocenters. The Morgan fingerprint density at radius 3 is 2.04 bits per heavy atom. The molecule has 7 nitrogen and oxygen atoms in total. The van der Waals surface area contributed by atoms with Gasteiger partial charge in [0.1, 0.15) is 0 Å². The predicted molar refractivity (Wildman–Crippen MR) is 99.3 cm³/mol. The smallest absolute Gasteiger partial charge is 0.226 e. The molecule has 0 bridgehead atoms. The highest BCUT2D eigenvalue weighted by molar-refractivity contribution is 5.92. The van der Waals surface area contributed by atoms with Crippen molar-refractivity contribution < 1.29 is 14.4 Å². The van der Waals surface area contributed by atoms with Gasteiger partial charge in [-0.25, -0.2) is 0 Å². The van der Waals surface area contributed by atoms with E-state index in [9.17, 15) is 14.4 Å². The molecule has 0 aliphatic rings. The Hall–Kier alpha value is -3.22. The van der Waals surface area contributed by atoms with E-state index in [0.717, 1.165) is 5.56 Å². The number of aromatic nitrogens is 1. The number of carbonyl (C=O) groups is 3. The average Bonchev–Trinajstić information content (AvgIpc) is 2.60. The third kappa shape index (κ3) is 6.35. The molecule has 0 spiro atoms. The van der Waals surface area contributed by atoms with Gasteiger partial charge in [0, 0.05) is 57.1 Å². The molecule has 3 amide bonds. The second-order valence-corrected chi connectivity index (χ2v) is 5.85. The van der Waals surface area contributed by atoms with E-state index < -0.39 is 0 Å². The minimum Gasteiger partial charge on any atom is -0.338 e. The van der Waals surface area contributed by atoms with Gasteiger partial charge in [0.15, 0.2) is 0 Å². The Balaban J connectivity index is 1.85. The normalized spacial score (nSPS) is 10.1. The van der Waals surface area contributed by atoms with Crippen LogP contribution in [0.4, 0.5) is 11.4 Å². The van der Waals surface area contributed by atoms with E-state index in [2.05, 4.69) is 15.6 Å². The number of anilines is 2. The molecule has 136 valence electrons. The van der Waals surface area contributed by atoms with Crippen molar-refractivity contribution in [3.05, 3.63) is 54.4 Å². The lowest BCUT2D eigenvalue weighted by molar-refractivity contribution is -0.130. The van der Waals surface area contributed by atoms with Crippen molar-refractivity contribution in [2.75, 3.05) is 17.2 Å². The third-order valence-electron chi connectivity index (χ3n) is 3.67. The molecule has 0 radical (unpaired) electrons. The van der Waals surface area contributed by atoms with Crippen LogP contribution < -0.4 is 10.6 Å². The fourth-order valence-electron chi connectivity index (χ4n) is 2.36. The summed E-state index contributed by atoms with van der Waals surface area (Å²) < 4.78 is 0. The van der Waals surface area contributed by atoms with E-state index in [4.69, 9.17) is 0 Å². The minimum atomic E-state index is -0.182. The van der Waals surface area contributed by atoms with Crippen molar-refractivity contribution in [2.45, 2.75) is 26.8 Å². The van der Waals surface area contributed by atoms with Gasteiger partial charge in [0.25, 0.3) is 0 Å². The molecular formula is C19H22N4O3. The van der Waals surface area contributed by atoms with Gasteiger partial charge in [-0.2, -0.15) is 0 Å². The van der Waals surface area contributed by atoms with Gasteiger partial charge in [0.2, 0.25) is 17.7 Å². The Bertz CT molecular complexity index is 760. The number of hydrogen-bond donors (Lipinski definition) is 2. The standard InChI is InChI=1S/C19H22N4O3/c1-14(24)21-17-3-5-18(6-4-17)22-19(26)9-12-23(15(2)25)13-16-7-10-20-11-8-16/h3-8,10-11H,9,12-13H2,1-2H3,(H,21,24)(H,22,26). The van der Waals surface area contributed by atoms with Crippen LogP contribution in [0.25, 0.3) is 0 Å². The summed E-state index contributed by atoms with van der Waals surface area (Å²) in [6.45, 7) is 3.69. The quantitative estimate of drug-likeness (QED) is 0.799. The van der Waals surface area contributed by atoms with Gasteiger partial charge in [-0.05, 0) is 42.0 Å². The highest BCUT2D eigenvalue weighted by Gasteiger charge is 2.12. The topological polar surface area (TPSA) is 91.4 Å². The van der Waals surface area contributed by atoms with Crippen LogP contribution in [0.5, 0.6) is 0 Å². The fourth-order valence-corrected chi connectivity index (χ4v) is 2.36. The monoisotopic (exact) mass is 354 g/mol. The molecule has 0 fully saturated rings. The number of carbonyl (C=O) groups excluding carboxylic acids is 3. The van der Waals surface area contributed by atoms with Gasteiger partial charge in [-0.1, -0.05) is 0 Å². The van der Waals surface area contributed by atoms with Crippen LogP contribution in [0.2, 0.25) is 0 Å². The summed E-state index contributed by atoms with van der Waals surface area (Å²) in [6.07, 6.45) is 3.54. The van der Waals surface area contributed by atoms with E-state index in [-0.39, 0.29) is 24.1 Å². The molecule has 2 N–H and O–H groups in total. The molecule has 7 heteroatoms. The summed E-state index contributed by atoms with van der Waals surface area (Å²) in [6, 6.07) is 10.5. The molecular weight excluding hydrogens is 332 g/mol. The first kappa shape index (κ1) is 19.1. The second-order valence-electron chi connectivity index (χ2n) is 5.85. The van der Waals surface area contributed by atoms with E-state index in [1.54, 1.807) is 41.6 Å². The Morgan fingerprint density at radius 1 is 0.923 bits per heavy atom. The van der Waals surface area contributed by atoms with Gasteiger partial charge < -0.3 is 15.5 Å². The van der Waals surface area contributed by atoms with Crippen LogP contribution in [0.1, 0.15) is 25.8 Å². The van der Waals surface area contributed by atoms with Crippen molar-refractivity contribution in [1.82, 2.24) is 9.88 Å². The number of amides is 3. The molecule has 1 heterocycles. The van der Waals surface area contributed by atoms with Crippen molar-refractivity contribution >= 4 is 29.1 Å². The second kappa shape index (κ2) is 9.31. The van der Waals surface area contributed by atoms with Crippen LogP contribution in [0.3, 0.4) is 0 Å². The Morgan fingerprint density at radius 2 is 1.50 bits per heavy atom. The highest BCUT2D eigenvalue weighted by Crippen LogP contribution is 2.14. The van der Waals surface area contributed by atoms with E-state index in [1.807, 2.05) is 12.1 Å². The number of rotatable bonds is 7. The highest BCUT2D eigenvalue weighted by atomic mass is 16.2. The Kier molecular flexibility index (Phi) is 6.84. The first-order valence-electron chi connectivity index (χ1n) is 8.26. The molecule has 0 aliphatic carbocycles. The van der Waals surface area contributed by atoms with Crippen LogP contribution in [-0.2, 0) is 20.9 Å². The van der Waals surface area contributed by atoms with Crippen LogP contribution in [-0.4, -0.2) is 34.2 Å². The first-order valence-corrected chi connectivity index (χ1v) is 8.26. The van der Waals surface area contributed by atoms with E-state index >= 15 is 0 Å². The van der Waals surface area contributed by atoms with Gasteiger partial charge in [0.05, 0.1) is 0 Å². The summed E-state index contributed by atoms with van der Waals surface area (Å²) in [5.74, 6) is -0.423. The lowest BCUT2D eigenvalue weighted by Crippen LogP contribution is -2.31. The number of pyridine rings is 1. The summed E-state index contributed by atoms with van der Waals surface area (Å²) >= 11 is 0. The van der Waals surface area contributed by atoms with Crippen molar-refractivity contribution in [1.29, 1.82) is 0 Å². The molecule has 26 heavy (non-hydrogen) atoms. The zero-order chi connectivity index (χ0) is 18.9. The number of nitrogens with one attached hydrogen (secondary N) is 2. The third-order valence-corrected chi connectivity index (χ3v) is 3.67. The summed E-state index contributed by atoms with van der Waals surface area (Å²) in [5.41, 5.74) is 2.26. The Labute approximate surface area is 152 Å². The lowest BCUT2D eigenvalue weighted by Gasteiger charge is -2.20. The maximum Gasteiger partial charge on any atom is 0.226 e. The number of hydrogen-bond acceptors (Lipinski definition) is 4. The van der Waals surface area contributed by atoms with Crippen molar-refractivity contribution in [3.8, 4) is 0 Å². The van der Waals surface area contributed by atoms with Crippen LogP contribution in [0, 0.1) is 0 Å². The van der Waals surface area contributed by atoms with Gasteiger partial charge in [-0.3, -0.25) is 19.4 Å². The van der Waals surface area contributed by atoms with Crippen LogP contribution in [0.15, 0.2) is 48.8 Å². The average molecular weight is 354 g/mol. The fraction of sp³-hybridized carbons (Fsp3) is 0.263. The molecule has 0 unspecified atom stereocenters. The lowest BCUT2D eigenvalue weighted by atomic mass is 10.2. The number of benzene rings is 1. The predicted octanol–water partition coefficient (Wildman–Crippen LogP) is 2.42. The van der Waals surface area contributed by atoms with Crippen LogP contribution >= 0.6 is 0 Å². The first-order chi connectivity index (χ1) is 12.4. The maximum absolute atomic E-state index is 12.1. The van der Waals surface area contributed by atoms with Gasteiger partial charge >= 0.3 is 0 Å². The summed E-state index contributed by atoms with van der Waals surface area (Å²) in [5, 5.41) is 5.44. The van der Waals surface area contributed by atoms with Gasteiger partial charge in [-0.15, -0.1) is 0 Å². The molecule has 0 saturated carbocycles. The molecule has 1 aromatic carbocycles. The molecule has 2 aromatic rings. The van der Waals surface area contributed by atoms with Crippen molar-refractivity contribution in [3.63, 3.8) is 0 Å². The molecule has 1 aromatic heterocycles. The molecule has 0 saturated heterocycles. The summed E-state index contributed by atoms with van der Waals surface area (Å²) in [4.78, 5) is 40.5. The molecule has 0 aliphatic heterocycles. The molecule has 2 rings (SSSR count). The SMILES string of the molecule is CC(=O)Nc1ccc(NC(=O)CCN(Cc2ccncc2)C(C)=O)cc1.